The van der Waals surface area contributed by atoms with Gasteiger partial charge in [0, 0.05) is 23.4 Å². The minimum atomic E-state index is -1.47. The van der Waals surface area contributed by atoms with E-state index in [9.17, 15) is 19.5 Å². The topological polar surface area (TPSA) is 117 Å². The van der Waals surface area contributed by atoms with Gasteiger partial charge in [0.25, 0.3) is 5.91 Å². The number of benzene rings is 2. The van der Waals surface area contributed by atoms with Crippen LogP contribution in [0.3, 0.4) is 0 Å². The number of methoxy groups -OCH3 is 2. The first-order chi connectivity index (χ1) is 12.9. The lowest BCUT2D eigenvalue weighted by molar-refractivity contribution is -0.297. The smallest absolute Gasteiger partial charge is 0.255 e. The van der Waals surface area contributed by atoms with Crippen molar-refractivity contribution in [1.29, 1.82) is 0 Å². The molecule has 0 aliphatic carbocycles. The van der Waals surface area contributed by atoms with Crippen molar-refractivity contribution in [2.45, 2.75) is 0 Å². The molecule has 0 saturated carbocycles. The van der Waals surface area contributed by atoms with E-state index in [4.69, 9.17) is 9.47 Å². The molecule has 0 saturated heterocycles. The average molecular weight is 369 g/mol. The van der Waals surface area contributed by atoms with Crippen LogP contribution in [0.1, 0.15) is 10.4 Å². The Labute approximate surface area is 155 Å². The van der Waals surface area contributed by atoms with Crippen molar-refractivity contribution in [2.75, 3.05) is 24.9 Å². The third kappa shape index (κ3) is 5.60. The zero-order chi connectivity index (χ0) is 19.8. The Morgan fingerprint density at radius 1 is 0.926 bits per heavy atom. The average Bonchev–Trinajstić information content (AvgIpc) is 2.67. The molecule has 2 aromatic carbocycles. The zero-order valence-electron chi connectivity index (χ0n) is 14.6. The van der Waals surface area contributed by atoms with Crippen LogP contribution in [0.4, 0.5) is 11.4 Å². The molecule has 0 fully saturated rings. The van der Waals surface area contributed by atoms with Crippen LogP contribution in [-0.4, -0.2) is 32.0 Å². The van der Waals surface area contributed by atoms with E-state index < -0.39 is 11.9 Å². The second-order valence-electron chi connectivity index (χ2n) is 5.24. The second kappa shape index (κ2) is 9.04. The first-order valence-electron chi connectivity index (χ1n) is 7.76. The standard InChI is InChI=1S/C19H18N2O6/c1-26-14-7-8-15(16(11-14)27-2)21-19(25)12-3-5-13(6-4-12)20-17(22)9-10-18(23)24/h3-11H,1-2H3,(H,20,22)(H,21,25)(H,23,24)/p-1/b10-9-. The van der Waals surface area contributed by atoms with Crippen molar-refractivity contribution in [3.8, 4) is 11.5 Å². The van der Waals surface area contributed by atoms with Gasteiger partial charge in [-0.2, -0.15) is 0 Å². The number of hydrogen-bond acceptors (Lipinski definition) is 6. The molecule has 0 aromatic heterocycles. The van der Waals surface area contributed by atoms with Crippen LogP contribution in [-0.2, 0) is 9.59 Å². The van der Waals surface area contributed by atoms with Gasteiger partial charge in [-0.05, 0) is 42.5 Å². The quantitative estimate of drug-likeness (QED) is 0.709. The maximum atomic E-state index is 12.4. The number of amides is 2. The number of nitrogens with one attached hydrogen (secondary N) is 2. The maximum absolute atomic E-state index is 12.4. The van der Waals surface area contributed by atoms with Crippen LogP contribution in [0, 0.1) is 0 Å². The summed E-state index contributed by atoms with van der Waals surface area (Å²) in [6.07, 6.45) is 1.46. The number of carboxylic acid groups (broad SMARTS) is 1. The van der Waals surface area contributed by atoms with Crippen molar-refractivity contribution in [3.63, 3.8) is 0 Å². The highest BCUT2D eigenvalue weighted by molar-refractivity contribution is 6.06. The molecule has 0 radical (unpaired) electrons. The Kier molecular flexibility index (Phi) is 6.54. The van der Waals surface area contributed by atoms with Gasteiger partial charge in [-0.1, -0.05) is 0 Å². The highest BCUT2D eigenvalue weighted by Crippen LogP contribution is 2.29. The second-order valence-corrected chi connectivity index (χ2v) is 5.24. The molecular weight excluding hydrogens is 352 g/mol. The van der Waals surface area contributed by atoms with Crippen LogP contribution in [0.25, 0.3) is 0 Å². The van der Waals surface area contributed by atoms with Crippen LogP contribution in [0.5, 0.6) is 11.5 Å². The highest BCUT2D eigenvalue weighted by Gasteiger charge is 2.11. The van der Waals surface area contributed by atoms with Gasteiger partial charge in [-0.3, -0.25) is 9.59 Å². The van der Waals surface area contributed by atoms with Gasteiger partial charge in [0.1, 0.15) is 11.5 Å². The Bertz CT molecular complexity index is 874. The molecule has 0 atom stereocenters. The molecule has 0 unspecified atom stereocenters. The van der Waals surface area contributed by atoms with Crippen molar-refractivity contribution in [3.05, 3.63) is 60.2 Å². The molecule has 8 heteroatoms. The summed E-state index contributed by atoms with van der Waals surface area (Å²) in [5.41, 5.74) is 1.24. The monoisotopic (exact) mass is 369 g/mol. The summed E-state index contributed by atoms with van der Waals surface area (Å²) in [4.78, 5) is 34.2. The molecule has 0 aliphatic heterocycles. The largest absolute Gasteiger partial charge is 0.545 e. The van der Waals surface area contributed by atoms with Gasteiger partial charge in [0.05, 0.1) is 25.9 Å². The Balaban J connectivity index is 2.05. The molecule has 0 spiro atoms. The van der Waals surface area contributed by atoms with Gasteiger partial charge in [0.2, 0.25) is 5.91 Å². The summed E-state index contributed by atoms with van der Waals surface area (Å²) >= 11 is 0. The predicted molar refractivity (Wildman–Crippen MR) is 96.7 cm³/mol. The van der Waals surface area contributed by atoms with Crippen LogP contribution >= 0.6 is 0 Å². The molecule has 0 bridgehead atoms. The lowest BCUT2D eigenvalue weighted by Crippen LogP contribution is -2.20. The van der Waals surface area contributed by atoms with E-state index in [1.807, 2.05) is 0 Å². The van der Waals surface area contributed by atoms with Gasteiger partial charge < -0.3 is 30.0 Å². The van der Waals surface area contributed by atoms with E-state index in [1.165, 1.54) is 38.5 Å². The van der Waals surface area contributed by atoms with Gasteiger partial charge in [0.15, 0.2) is 0 Å². The minimum Gasteiger partial charge on any atom is -0.545 e. The normalized spacial score (nSPS) is 10.3. The van der Waals surface area contributed by atoms with E-state index >= 15 is 0 Å². The molecular formula is C19H17N2O6-. The molecule has 2 aromatic rings. The number of ether oxygens (including phenoxy) is 2. The summed E-state index contributed by atoms with van der Waals surface area (Å²) in [7, 11) is 3.01. The van der Waals surface area contributed by atoms with Crippen molar-refractivity contribution in [1.82, 2.24) is 0 Å². The molecule has 2 amide bonds. The lowest BCUT2D eigenvalue weighted by Gasteiger charge is -2.12. The minimum absolute atomic E-state index is 0.358. The summed E-state index contributed by atoms with van der Waals surface area (Å²) in [5, 5.41) is 15.5. The third-order valence-electron chi connectivity index (χ3n) is 3.44. The Morgan fingerprint density at radius 3 is 2.22 bits per heavy atom. The fourth-order valence-corrected chi connectivity index (χ4v) is 2.13. The molecule has 2 N–H and O–H groups in total. The fourth-order valence-electron chi connectivity index (χ4n) is 2.13. The van der Waals surface area contributed by atoms with Gasteiger partial charge >= 0.3 is 0 Å². The number of rotatable bonds is 7. The first kappa shape index (κ1) is 19.5. The molecule has 0 heterocycles. The zero-order valence-corrected chi connectivity index (χ0v) is 14.6. The summed E-state index contributed by atoms with van der Waals surface area (Å²) < 4.78 is 10.3. The first-order valence-corrected chi connectivity index (χ1v) is 7.76. The molecule has 2 rings (SSSR count). The number of anilines is 2. The van der Waals surface area contributed by atoms with E-state index in [2.05, 4.69) is 10.6 Å². The van der Waals surface area contributed by atoms with Crippen molar-refractivity contribution in [2.24, 2.45) is 0 Å². The number of carboxylic acids is 1. The van der Waals surface area contributed by atoms with Crippen molar-refractivity contribution < 1.29 is 29.0 Å². The van der Waals surface area contributed by atoms with E-state index in [1.54, 1.807) is 18.2 Å². The molecule has 140 valence electrons. The summed E-state index contributed by atoms with van der Waals surface area (Å²) in [6.45, 7) is 0. The number of carbonyl (C=O) groups is 3. The van der Waals surface area contributed by atoms with Gasteiger partial charge in [-0.25, -0.2) is 0 Å². The predicted octanol–water partition coefficient (Wildman–Crippen LogP) is 1.20. The molecule has 0 aliphatic rings. The number of hydrogen-bond donors (Lipinski definition) is 2. The van der Waals surface area contributed by atoms with Crippen LogP contribution in [0.2, 0.25) is 0 Å². The SMILES string of the molecule is COc1ccc(NC(=O)c2ccc(NC(=O)/C=C\C(=O)[O-])cc2)c(OC)c1. The Morgan fingerprint density at radius 2 is 1.63 bits per heavy atom. The summed E-state index contributed by atoms with van der Waals surface area (Å²) in [6, 6.07) is 11.1. The highest BCUT2D eigenvalue weighted by atomic mass is 16.5. The summed E-state index contributed by atoms with van der Waals surface area (Å²) in [5.74, 6) is -1.41. The van der Waals surface area contributed by atoms with E-state index in [0.717, 1.165) is 6.08 Å². The van der Waals surface area contributed by atoms with E-state index in [0.29, 0.717) is 34.5 Å². The molecule has 27 heavy (non-hydrogen) atoms. The number of carbonyl (C=O) groups excluding carboxylic acids is 3. The van der Waals surface area contributed by atoms with Crippen molar-refractivity contribution >= 4 is 29.2 Å². The Hall–Kier alpha value is -3.81. The maximum Gasteiger partial charge on any atom is 0.255 e. The number of aliphatic carboxylic acids is 1. The molecule has 8 nitrogen and oxygen atoms in total. The lowest BCUT2D eigenvalue weighted by atomic mass is 10.2. The van der Waals surface area contributed by atoms with Crippen LogP contribution in [0.15, 0.2) is 54.6 Å². The van der Waals surface area contributed by atoms with Gasteiger partial charge in [-0.15, -0.1) is 0 Å². The van der Waals surface area contributed by atoms with Crippen LogP contribution < -0.4 is 25.2 Å². The fraction of sp³-hybridized carbons (Fsp3) is 0.105. The van der Waals surface area contributed by atoms with E-state index in [-0.39, 0.29) is 5.91 Å². The third-order valence-corrected chi connectivity index (χ3v) is 3.44.